The monoisotopic (exact) mass is 308 g/mol. The van der Waals surface area contributed by atoms with Crippen LogP contribution < -0.4 is 0 Å². The third-order valence-corrected chi connectivity index (χ3v) is 3.45. The second-order valence-electron chi connectivity index (χ2n) is 5.26. The minimum Gasteiger partial charge on any atom is -0.313 e. The zero-order valence-corrected chi connectivity index (χ0v) is 12.9. The lowest BCUT2D eigenvalue weighted by molar-refractivity contribution is 0.0514. The Morgan fingerprint density at radius 1 is 1.17 bits per heavy atom. The molecule has 6 nitrogen and oxygen atoms in total. The van der Waals surface area contributed by atoms with E-state index >= 15 is 0 Å². The van der Waals surface area contributed by atoms with Crippen LogP contribution in [0.2, 0.25) is 0 Å². The molecule has 0 radical (unpaired) electrons. The molecule has 0 fully saturated rings. The van der Waals surface area contributed by atoms with Crippen LogP contribution in [0, 0.1) is 6.92 Å². The molecule has 0 aliphatic carbocycles. The molecule has 2 aromatic carbocycles. The number of oxime groups is 1. The number of para-hydroxylation sites is 1. The highest BCUT2D eigenvalue weighted by Gasteiger charge is 2.10. The van der Waals surface area contributed by atoms with Crippen LogP contribution in [0.15, 0.2) is 53.7 Å². The standard InChI is InChI=1S/C17H16N4O2/c1-12-7-3-4-8-14(12)17(22)23-19-13(2)11-21-16-10-6-5-9-15(16)18-20-21/h3-10H,11H2,1-2H3/b19-13-. The summed E-state index contributed by atoms with van der Waals surface area (Å²) in [5, 5.41) is 12.1. The van der Waals surface area contributed by atoms with Gasteiger partial charge < -0.3 is 4.84 Å². The fourth-order valence-corrected chi connectivity index (χ4v) is 2.25. The van der Waals surface area contributed by atoms with Crippen LogP contribution in [0.25, 0.3) is 11.0 Å². The molecule has 23 heavy (non-hydrogen) atoms. The lowest BCUT2D eigenvalue weighted by atomic mass is 10.1. The first kappa shape index (κ1) is 14.9. The minimum atomic E-state index is -0.467. The average Bonchev–Trinajstić information content (AvgIpc) is 2.96. The number of hydrogen-bond donors (Lipinski definition) is 0. The summed E-state index contributed by atoms with van der Waals surface area (Å²) in [5.74, 6) is -0.467. The normalized spacial score (nSPS) is 11.7. The van der Waals surface area contributed by atoms with E-state index in [9.17, 15) is 4.79 Å². The van der Waals surface area contributed by atoms with Gasteiger partial charge >= 0.3 is 5.97 Å². The molecule has 1 heterocycles. The molecule has 0 N–H and O–H groups in total. The van der Waals surface area contributed by atoms with Gasteiger partial charge in [0.2, 0.25) is 0 Å². The van der Waals surface area contributed by atoms with Crippen molar-refractivity contribution in [2.45, 2.75) is 20.4 Å². The molecule has 116 valence electrons. The predicted molar refractivity (Wildman–Crippen MR) is 87.2 cm³/mol. The van der Waals surface area contributed by atoms with Gasteiger partial charge in [-0.25, -0.2) is 9.48 Å². The third kappa shape index (κ3) is 3.26. The second kappa shape index (κ2) is 6.39. The topological polar surface area (TPSA) is 69.4 Å². The Morgan fingerprint density at radius 2 is 1.91 bits per heavy atom. The van der Waals surface area contributed by atoms with Gasteiger partial charge in [-0.15, -0.1) is 5.10 Å². The van der Waals surface area contributed by atoms with E-state index in [2.05, 4.69) is 15.5 Å². The third-order valence-electron chi connectivity index (χ3n) is 3.45. The maximum atomic E-state index is 12.0. The van der Waals surface area contributed by atoms with Crippen LogP contribution in [0.1, 0.15) is 22.8 Å². The number of rotatable bonds is 4. The first-order chi connectivity index (χ1) is 11.1. The van der Waals surface area contributed by atoms with Crippen LogP contribution in [0.4, 0.5) is 0 Å². The molecule has 0 spiro atoms. The zero-order chi connectivity index (χ0) is 16.2. The first-order valence-electron chi connectivity index (χ1n) is 7.24. The smallest absolute Gasteiger partial charge is 0.313 e. The van der Waals surface area contributed by atoms with Crippen LogP contribution >= 0.6 is 0 Å². The predicted octanol–water partition coefficient (Wildman–Crippen LogP) is 2.97. The van der Waals surface area contributed by atoms with E-state index in [4.69, 9.17) is 4.84 Å². The van der Waals surface area contributed by atoms with Crippen molar-refractivity contribution >= 4 is 22.7 Å². The fraction of sp³-hybridized carbons (Fsp3) is 0.176. The number of aryl methyl sites for hydroxylation is 1. The van der Waals surface area contributed by atoms with Crippen molar-refractivity contribution in [2.24, 2.45) is 5.16 Å². The summed E-state index contributed by atoms with van der Waals surface area (Å²) in [6.07, 6.45) is 0. The van der Waals surface area contributed by atoms with Crippen molar-refractivity contribution in [2.75, 3.05) is 0 Å². The van der Waals surface area contributed by atoms with Crippen molar-refractivity contribution < 1.29 is 9.63 Å². The highest BCUT2D eigenvalue weighted by Crippen LogP contribution is 2.11. The number of carbonyl (C=O) groups excluding carboxylic acids is 1. The summed E-state index contributed by atoms with van der Waals surface area (Å²) in [7, 11) is 0. The van der Waals surface area contributed by atoms with E-state index in [0.717, 1.165) is 16.6 Å². The molecule has 0 unspecified atom stereocenters. The van der Waals surface area contributed by atoms with Crippen LogP contribution in [-0.2, 0) is 11.4 Å². The van der Waals surface area contributed by atoms with Crippen LogP contribution in [-0.4, -0.2) is 26.7 Å². The number of aromatic nitrogens is 3. The Kier molecular flexibility index (Phi) is 4.14. The van der Waals surface area contributed by atoms with Crippen molar-refractivity contribution in [1.29, 1.82) is 0 Å². The maximum absolute atomic E-state index is 12.0. The van der Waals surface area contributed by atoms with E-state index in [1.54, 1.807) is 23.7 Å². The van der Waals surface area contributed by atoms with Crippen molar-refractivity contribution in [3.05, 3.63) is 59.7 Å². The summed E-state index contributed by atoms with van der Waals surface area (Å²) in [4.78, 5) is 17.0. The summed E-state index contributed by atoms with van der Waals surface area (Å²) in [5.41, 5.74) is 3.72. The average molecular weight is 308 g/mol. The molecule has 0 bridgehead atoms. The van der Waals surface area contributed by atoms with Gasteiger partial charge in [-0.05, 0) is 37.6 Å². The van der Waals surface area contributed by atoms with Gasteiger partial charge in [0, 0.05) is 0 Å². The van der Waals surface area contributed by atoms with Gasteiger partial charge in [-0.2, -0.15) is 0 Å². The van der Waals surface area contributed by atoms with E-state index in [-0.39, 0.29) is 0 Å². The van der Waals surface area contributed by atoms with E-state index in [1.165, 1.54) is 0 Å². The van der Waals surface area contributed by atoms with Gasteiger partial charge in [0.1, 0.15) is 5.52 Å². The van der Waals surface area contributed by atoms with Crippen molar-refractivity contribution in [3.63, 3.8) is 0 Å². The van der Waals surface area contributed by atoms with Crippen molar-refractivity contribution in [1.82, 2.24) is 15.0 Å². The molecule has 3 aromatic rings. The SMILES string of the molecule is C/C(Cn1nnc2ccccc21)=N/OC(=O)c1ccccc1C. The summed E-state index contributed by atoms with van der Waals surface area (Å²) in [6.45, 7) is 4.04. The molecule has 1 aromatic heterocycles. The Balaban J connectivity index is 1.71. The number of nitrogens with zero attached hydrogens (tertiary/aromatic N) is 4. The minimum absolute atomic E-state index is 0.404. The van der Waals surface area contributed by atoms with E-state index < -0.39 is 5.97 Å². The quantitative estimate of drug-likeness (QED) is 0.422. The highest BCUT2D eigenvalue weighted by molar-refractivity contribution is 5.92. The zero-order valence-electron chi connectivity index (χ0n) is 12.9. The van der Waals surface area contributed by atoms with Crippen molar-refractivity contribution in [3.8, 4) is 0 Å². The molecule has 0 amide bonds. The molecule has 0 aliphatic heterocycles. The number of benzene rings is 2. The molecule has 0 saturated heterocycles. The molecule has 0 saturated carbocycles. The van der Waals surface area contributed by atoms with Gasteiger partial charge in [0.25, 0.3) is 0 Å². The van der Waals surface area contributed by atoms with E-state index in [1.807, 2.05) is 43.3 Å². The lowest BCUT2D eigenvalue weighted by Gasteiger charge is -2.04. The molecule has 3 rings (SSSR count). The Hall–Kier alpha value is -3.02. The first-order valence-corrected chi connectivity index (χ1v) is 7.24. The summed E-state index contributed by atoms with van der Waals surface area (Å²) >= 11 is 0. The molecular weight excluding hydrogens is 292 g/mol. The Bertz CT molecular complexity index is 883. The number of carbonyl (C=O) groups is 1. The van der Waals surface area contributed by atoms with E-state index in [0.29, 0.717) is 17.8 Å². The number of fused-ring (bicyclic) bond motifs is 1. The number of hydrogen-bond acceptors (Lipinski definition) is 5. The van der Waals surface area contributed by atoms with Gasteiger partial charge in [-0.1, -0.05) is 40.7 Å². The second-order valence-corrected chi connectivity index (χ2v) is 5.26. The molecule has 6 heteroatoms. The van der Waals surface area contributed by atoms with Gasteiger partial charge in [0.15, 0.2) is 0 Å². The highest BCUT2D eigenvalue weighted by atomic mass is 16.7. The summed E-state index contributed by atoms with van der Waals surface area (Å²) in [6, 6.07) is 14.9. The maximum Gasteiger partial charge on any atom is 0.365 e. The Labute approximate surface area is 133 Å². The van der Waals surface area contributed by atoms with Crippen LogP contribution in [0.5, 0.6) is 0 Å². The summed E-state index contributed by atoms with van der Waals surface area (Å²) < 4.78 is 1.72. The molecule has 0 aliphatic rings. The fourth-order valence-electron chi connectivity index (χ4n) is 2.25. The molecule has 0 atom stereocenters. The van der Waals surface area contributed by atoms with Gasteiger partial charge in [0.05, 0.1) is 23.3 Å². The van der Waals surface area contributed by atoms with Gasteiger partial charge in [-0.3, -0.25) is 0 Å². The van der Waals surface area contributed by atoms with Crippen LogP contribution in [0.3, 0.4) is 0 Å². The largest absolute Gasteiger partial charge is 0.365 e. The molecular formula is C17H16N4O2. The lowest BCUT2D eigenvalue weighted by Crippen LogP contribution is -2.11. The Morgan fingerprint density at radius 3 is 2.74 bits per heavy atom.